The third-order valence-electron chi connectivity index (χ3n) is 8.84. The van der Waals surface area contributed by atoms with Crippen molar-refractivity contribution in [1.29, 1.82) is 10.5 Å². The molecule has 1 amide bonds. The number of rotatable bonds is 6. The number of aromatic nitrogens is 3. The number of nitriles is 2. The summed E-state index contributed by atoms with van der Waals surface area (Å²) in [5.74, 6) is -0.681. The normalized spacial score (nSPS) is 11.2. The van der Waals surface area contributed by atoms with Gasteiger partial charge in [0.15, 0.2) is 0 Å². The first-order chi connectivity index (χ1) is 23.5. The largest absolute Gasteiger partial charge is 0.366 e. The molecule has 0 unspecified atom stereocenters. The number of para-hydroxylation sites is 2. The zero-order valence-electron chi connectivity index (χ0n) is 25.3. The Morgan fingerprint density at radius 1 is 0.688 bits per heavy atom. The lowest BCUT2D eigenvalue weighted by Crippen LogP contribution is -2.14. The lowest BCUT2D eigenvalue weighted by Gasteiger charge is -2.18. The number of nitroso groups, excluding NO2 is 1. The van der Waals surface area contributed by atoms with Crippen LogP contribution in [-0.4, -0.2) is 20.0 Å². The van der Waals surface area contributed by atoms with E-state index in [1.807, 2.05) is 84.9 Å². The summed E-state index contributed by atoms with van der Waals surface area (Å²) in [5.41, 5.74) is 13.9. The van der Waals surface area contributed by atoms with Crippen LogP contribution in [0.5, 0.6) is 0 Å². The molecule has 0 aliphatic carbocycles. The molecular formula is C39H23N7O2. The Hall–Kier alpha value is -7.10. The third kappa shape index (κ3) is 4.31. The van der Waals surface area contributed by atoms with E-state index < -0.39 is 5.91 Å². The van der Waals surface area contributed by atoms with E-state index in [0.29, 0.717) is 27.8 Å². The maximum Gasteiger partial charge on any atom is 0.250 e. The number of hydrogen-bond acceptors (Lipinski definition) is 6. The molecular weight excluding hydrogens is 598 g/mol. The Morgan fingerprint density at radius 3 is 1.71 bits per heavy atom. The molecule has 0 saturated heterocycles. The molecule has 2 N–H and O–H groups in total. The van der Waals surface area contributed by atoms with Crippen molar-refractivity contribution in [2.75, 3.05) is 0 Å². The van der Waals surface area contributed by atoms with Crippen LogP contribution in [0.1, 0.15) is 27.0 Å². The van der Waals surface area contributed by atoms with Crippen molar-refractivity contribution in [3.8, 4) is 34.6 Å². The quantitative estimate of drug-likeness (QED) is 0.187. The van der Waals surface area contributed by atoms with Gasteiger partial charge in [0.2, 0.25) is 0 Å². The van der Waals surface area contributed by atoms with E-state index in [-0.39, 0.29) is 12.1 Å². The van der Waals surface area contributed by atoms with Gasteiger partial charge < -0.3 is 14.9 Å². The fourth-order valence-corrected chi connectivity index (χ4v) is 6.86. The molecule has 8 aromatic rings. The minimum Gasteiger partial charge on any atom is -0.366 e. The number of amides is 1. The molecule has 3 heterocycles. The highest BCUT2D eigenvalue weighted by atomic mass is 16.3. The molecule has 0 aliphatic rings. The van der Waals surface area contributed by atoms with Gasteiger partial charge in [0.25, 0.3) is 5.91 Å². The Bertz CT molecular complexity index is 2590. The first-order valence-electron chi connectivity index (χ1n) is 15.1. The van der Waals surface area contributed by atoms with Crippen LogP contribution in [-0.2, 0) is 6.54 Å². The van der Waals surface area contributed by atoms with Gasteiger partial charge in [0.1, 0.15) is 6.54 Å². The van der Waals surface area contributed by atoms with Crippen molar-refractivity contribution >= 4 is 49.5 Å². The molecule has 0 saturated carbocycles. The molecule has 0 spiro atoms. The lowest BCUT2D eigenvalue weighted by molar-refractivity contribution is 0.100. The summed E-state index contributed by atoms with van der Waals surface area (Å²) in [4.78, 5) is 28.6. The summed E-state index contributed by atoms with van der Waals surface area (Å²) in [5, 5.41) is 26.3. The standard InChI is InChI=1S/C39H23N7O2/c40-18-23-9-11-36-31(13-23)29-5-1-3-7-34(29)45(36)27-15-25(38-26(21-44-48)20-43-22-33(38)39(42)47)16-28(17-27)46-35-8-4-2-6-30(35)32-14-24(19-41)10-12-37(32)46/h1-17,20,22H,21H2,(H2,42,47). The average Bonchev–Trinajstić information content (AvgIpc) is 3.63. The molecule has 0 bridgehead atoms. The Morgan fingerprint density at radius 2 is 1.21 bits per heavy atom. The van der Waals surface area contributed by atoms with Crippen molar-refractivity contribution in [3.63, 3.8) is 0 Å². The first kappa shape index (κ1) is 28.4. The Kier molecular flexibility index (Phi) is 6.54. The molecule has 0 atom stereocenters. The number of carbonyl (C=O) groups is 1. The van der Waals surface area contributed by atoms with Crippen LogP contribution in [0.2, 0.25) is 0 Å². The van der Waals surface area contributed by atoms with Crippen molar-refractivity contribution in [3.05, 3.63) is 143 Å². The lowest BCUT2D eigenvalue weighted by atomic mass is 9.95. The van der Waals surface area contributed by atoms with Crippen molar-refractivity contribution < 1.29 is 4.79 Å². The van der Waals surface area contributed by atoms with Crippen LogP contribution in [0.15, 0.2) is 121 Å². The fraction of sp³-hybridized carbons (Fsp3) is 0.0256. The van der Waals surface area contributed by atoms with E-state index in [0.717, 1.165) is 55.0 Å². The molecule has 0 fully saturated rings. The van der Waals surface area contributed by atoms with Gasteiger partial charge in [-0.3, -0.25) is 9.78 Å². The van der Waals surface area contributed by atoms with Gasteiger partial charge in [-0.1, -0.05) is 41.6 Å². The SMILES string of the molecule is N#Cc1ccc2c(c1)c1ccccc1n2-c1cc(-c2c(CN=O)cncc2C(N)=O)cc(-n2c3ccccc3c3cc(C#N)ccc32)c1. The smallest absolute Gasteiger partial charge is 0.250 e. The number of nitrogens with zero attached hydrogens (tertiary/aromatic N) is 6. The van der Waals surface area contributed by atoms with E-state index in [4.69, 9.17) is 5.73 Å². The number of carbonyl (C=O) groups excluding carboxylic acids is 1. The second kappa shape index (κ2) is 11.1. The summed E-state index contributed by atoms with van der Waals surface area (Å²) in [6.07, 6.45) is 2.94. The molecule has 9 nitrogen and oxygen atoms in total. The zero-order chi connectivity index (χ0) is 32.9. The van der Waals surface area contributed by atoms with Crippen LogP contribution >= 0.6 is 0 Å². The molecule has 48 heavy (non-hydrogen) atoms. The monoisotopic (exact) mass is 621 g/mol. The van der Waals surface area contributed by atoms with Crippen molar-refractivity contribution in [2.45, 2.75) is 6.54 Å². The summed E-state index contributed by atoms with van der Waals surface area (Å²) >= 11 is 0. The maximum atomic E-state index is 12.8. The fourth-order valence-electron chi connectivity index (χ4n) is 6.86. The summed E-state index contributed by atoms with van der Waals surface area (Å²) < 4.78 is 4.26. The summed E-state index contributed by atoms with van der Waals surface area (Å²) in [6.45, 7) is -0.207. The van der Waals surface area contributed by atoms with E-state index >= 15 is 0 Å². The number of primary amides is 1. The average molecular weight is 622 g/mol. The minimum atomic E-state index is -0.681. The minimum absolute atomic E-state index is 0.168. The van der Waals surface area contributed by atoms with Gasteiger partial charge in [-0.05, 0) is 72.3 Å². The zero-order valence-corrected chi connectivity index (χ0v) is 25.3. The third-order valence-corrected chi connectivity index (χ3v) is 8.84. The van der Waals surface area contributed by atoms with Gasteiger partial charge >= 0.3 is 0 Å². The molecule has 226 valence electrons. The number of benzene rings is 5. The van der Waals surface area contributed by atoms with E-state index in [2.05, 4.69) is 37.5 Å². The van der Waals surface area contributed by atoms with E-state index in [1.54, 1.807) is 12.1 Å². The van der Waals surface area contributed by atoms with Crippen molar-refractivity contribution in [1.82, 2.24) is 14.1 Å². The van der Waals surface area contributed by atoms with Crippen LogP contribution in [0.25, 0.3) is 66.1 Å². The molecule has 3 aromatic heterocycles. The maximum absolute atomic E-state index is 12.8. The van der Waals surface area contributed by atoms with Crippen LogP contribution < -0.4 is 5.73 Å². The van der Waals surface area contributed by atoms with Gasteiger partial charge in [0.05, 0.1) is 50.9 Å². The first-order valence-corrected chi connectivity index (χ1v) is 15.1. The van der Waals surface area contributed by atoms with Crippen LogP contribution in [0.3, 0.4) is 0 Å². The number of nitrogens with two attached hydrogens (primary N) is 1. The van der Waals surface area contributed by atoms with Gasteiger partial charge in [-0.2, -0.15) is 15.4 Å². The summed E-state index contributed by atoms with van der Waals surface area (Å²) in [6, 6.07) is 37.7. The molecule has 8 rings (SSSR count). The van der Waals surface area contributed by atoms with Gasteiger partial charge in [0, 0.05) is 56.4 Å². The topological polar surface area (TPSA) is 143 Å². The van der Waals surface area contributed by atoms with E-state index in [1.165, 1.54) is 12.4 Å². The molecule has 9 heteroatoms. The highest BCUT2D eigenvalue weighted by Crippen LogP contribution is 2.39. The molecule has 0 aliphatic heterocycles. The predicted octanol–water partition coefficient (Wildman–Crippen LogP) is 8.05. The van der Waals surface area contributed by atoms with Crippen molar-refractivity contribution in [2.24, 2.45) is 10.9 Å². The highest BCUT2D eigenvalue weighted by Gasteiger charge is 2.21. The van der Waals surface area contributed by atoms with Gasteiger partial charge in [-0.15, -0.1) is 0 Å². The summed E-state index contributed by atoms with van der Waals surface area (Å²) in [7, 11) is 0. The number of fused-ring (bicyclic) bond motifs is 6. The molecule has 0 radical (unpaired) electrons. The Labute approximate surface area is 273 Å². The second-order valence-electron chi connectivity index (χ2n) is 11.5. The van der Waals surface area contributed by atoms with Crippen LogP contribution in [0, 0.1) is 27.6 Å². The number of pyridine rings is 1. The number of hydrogen-bond donors (Lipinski definition) is 1. The predicted molar refractivity (Wildman–Crippen MR) is 186 cm³/mol. The van der Waals surface area contributed by atoms with E-state index in [9.17, 15) is 20.2 Å². The van der Waals surface area contributed by atoms with Crippen LogP contribution in [0.4, 0.5) is 0 Å². The Balaban J connectivity index is 1.54. The second-order valence-corrected chi connectivity index (χ2v) is 11.5. The van der Waals surface area contributed by atoms with Gasteiger partial charge in [-0.25, -0.2) is 0 Å². The molecule has 5 aromatic carbocycles. The highest BCUT2D eigenvalue weighted by molar-refractivity contribution is 6.11.